The number of hydrogen-bond donors (Lipinski definition) is 1. The molecule has 0 heterocycles. The van der Waals surface area contributed by atoms with Crippen LogP contribution >= 0.6 is 11.6 Å². The molecule has 0 aliphatic carbocycles. The number of nitrogens with zero attached hydrogens (tertiary/aromatic N) is 1. The largest absolute Gasteiger partial charge is 0.483 e. The van der Waals surface area contributed by atoms with E-state index in [1.165, 1.54) is 0 Å². The van der Waals surface area contributed by atoms with Crippen molar-refractivity contribution in [2.75, 3.05) is 13.7 Å². The molecule has 33 heavy (non-hydrogen) atoms. The summed E-state index contributed by atoms with van der Waals surface area (Å²) >= 11 is 6.17. The van der Waals surface area contributed by atoms with Gasteiger partial charge in [-0.1, -0.05) is 66.2 Å². The normalized spacial score (nSPS) is 11.5. The maximum Gasteiger partial charge on any atom is 0.261 e. The second-order valence-corrected chi connectivity index (χ2v) is 8.39. The number of ether oxygens (including phenoxy) is 1. The van der Waals surface area contributed by atoms with Gasteiger partial charge < -0.3 is 15.0 Å². The summed E-state index contributed by atoms with van der Waals surface area (Å²) in [7, 11) is 1.58. The highest BCUT2D eigenvalue weighted by atomic mass is 35.5. The van der Waals surface area contributed by atoms with Crippen molar-refractivity contribution in [1.29, 1.82) is 0 Å². The monoisotopic (exact) mass is 464 g/mol. The summed E-state index contributed by atoms with van der Waals surface area (Å²) in [6.45, 7) is 4.02. The van der Waals surface area contributed by atoms with Crippen LogP contribution in [0, 0.1) is 13.8 Å². The van der Waals surface area contributed by atoms with Crippen LogP contribution in [-0.4, -0.2) is 36.4 Å². The summed E-state index contributed by atoms with van der Waals surface area (Å²) in [4.78, 5) is 27.9. The van der Waals surface area contributed by atoms with E-state index in [1.54, 1.807) is 24.1 Å². The first kappa shape index (κ1) is 24.3. The lowest BCUT2D eigenvalue weighted by atomic mass is 10.0. The molecule has 3 aromatic carbocycles. The molecule has 1 N–H and O–H groups in total. The molecule has 0 unspecified atom stereocenters. The van der Waals surface area contributed by atoms with Crippen molar-refractivity contribution in [2.45, 2.75) is 32.9 Å². The van der Waals surface area contributed by atoms with Crippen LogP contribution in [0.1, 0.15) is 22.3 Å². The fraction of sp³-hybridized carbons (Fsp3) is 0.259. The summed E-state index contributed by atoms with van der Waals surface area (Å²) < 4.78 is 5.89. The number of hydrogen-bond acceptors (Lipinski definition) is 3. The van der Waals surface area contributed by atoms with Crippen molar-refractivity contribution in [2.24, 2.45) is 0 Å². The van der Waals surface area contributed by atoms with Crippen LogP contribution in [-0.2, 0) is 22.6 Å². The first-order chi connectivity index (χ1) is 15.9. The Kier molecular flexibility index (Phi) is 8.50. The summed E-state index contributed by atoms with van der Waals surface area (Å²) in [5.41, 5.74) is 3.87. The van der Waals surface area contributed by atoms with Crippen LogP contribution in [0.5, 0.6) is 5.75 Å². The van der Waals surface area contributed by atoms with Crippen LogP contribution in [0.4, 0.5) is 0 Å². The topological polar surface area (TPSA) is 58.6 Å². The van der Waals surface area contributed by atoms with Gasteiger partial charge in [-0.3, -0.25) is 9.59 Å². The van der Waals surface area contributed by atoms with Gasteiger partial charge in [0.05, 0.1) is 0 Å². The van der Waals surface area contributed by atoms with Gasteiger partial charge in [0.15, 0.2) is 6.61 Å². The van der Waals surface area contributed by atoms with Crippen molar-refractivity contribution in [3.63, 3.8) is 0 Å². The number of aryl methyl sites for hydroxylation is 1. The number of amides is 2. The van der Waals surface area contributed by atoms with Gasteiger partial charge in [0.1, 0.15) is 11.8 Å². The highest BCUT2D eigenvalue weighted by molar-refractivity contribution is 6.30. The Morgan fingerprint density at radius 1 is 0.970 bits per heavy atom. The number of likely N-dealkylation sites (N-methyl/N-ethyl adjacent to an activating group) is 1. The van der Waals surface area contributed by atoms with Gasteiger partial charge in [0.2, 0.25) is 5.91 Å². The number of rotatable bonds is 9. The fourth-order valence-corrected chi connectivity index (χ4v) is 3.87. The zero-order chi connectivity index (χ0) is 23.8. The molecular formula is C27H29ClN2O3. The summed E-state index contributed by atoms with van der Waals surface area (Å²) in [6.07, 6.45) is 0.385. The van der Waals surface area contributed by atoms with Crippen molar-refractivity contribution in [3.05, 3.63) is 100 Å². The lowest BCUT2D eigenvalue weighted by Crippen LogP contribution is -2.51. The van der Waals surface area contributed by atoms with Crippen LogP contribution in [0.25, 0.3) is 0 Å². The molecule has 6 heteroatoms. The zero-order valence-corrected chi connectivity index (χ0v) is 19.9. The molecule has 0 fully saturated rings. The van der Waals surface area contributed by atoms with Crippen molar-refractivity contribution < 1.29 is 14.3 Å². The van der Waals surface area contributed by atoms with E-state index in [0.717, 1.165) is 22.3 Å². The Labute approximate surface area is 200 Å². The van der Waals surface area contributed by atoms with E-state index < -0.39 is 6.04 Å². The second kappa shape index (κ2) is 11.5. The Bertz CT molecular complexity index is 1100. The highest BCUT2D eigenvalue weighted by Gasteiger charge is 2.30. The molecule has 0 aromatic heterocycles. The summed E-state index contributed by atoms with van der Waals surface area (Å²) in [5, 5.41) is 3.28. The number of carbonyl (C=O) groups excluding carboxylic acids is 2. The van der Waals surface area contributed by atoms with E-state index in [9.17, 15) is 9.59 Å². The smallest absolute Gasteiger partial charge is 0.261 e. The summed E-state index contributed by atoms with van der Waals surface area (Å²) in [5.74, 6) is 0.145. The molecule has 0 radical (unpaired) electrons. The minimum Gasteiger partial charge on any atom is -0.483 e. The minimum atomic E-state index is -0.703. The molecule has 1 atom stereocenters. The molecule has 5 nitrogen and oxygen atoms in total. The van der Waals surface area contributed by atoms with Gasteiger partial charge in [-0.25, -0.2) is 0 Å². The molecule has 172 valence electrons. The van der Waals surface area contributed by atoms with Crippen LogP contribution < -0.4 is 10.1 Å². The van der Waals surface area contributed by atoms with Crippen LogP contribution in [0.15, 0.2) is 72.8 Å². The van der Waals surface area contributed by atoms with Gasteiger partial charge in [-0.15, -0.1) is 0 Å². The maximum absolute atomic E-state index is 13.4. The number of benzene rings is 3. The van der Waals surface area contributed by atoms with Crippen LogP contribution in [0.3, 0.4) is 0 Å². The standard InChI is InChI=1S/C27H29ClN2O3/c1-19-9-7-14-25(20(19)2)33-18-26(31)30(17-22-12-8-13-23(28)15-22)24(27(32)29-3)16-21-10-5-4-6-11-21/h4-15,24H,16-18H2,1-3H3,(H,29,32)/t24-/m0/s1. The average Bonchev–Trinajstić information content (AvgIpc) is 2.82. The van der Waals surface area contributed by atoms with Crippen LogP contribution in [0.2, 0.25) is 5.02 Å². The number of halogens is 1. The molecule has 0 aliphatic heterocycles. The third-order valence-corrected chi connectivity index (χ3v) is 5.90. The minimum absolute atomic E-state index is 0.173. The average molecular weight is 465 g/mol. The van der Waals surface area contributed by atoms with Crippen molar-refractivity contribution in [1.82, 2.24) is 10.2 Å². The first-order valence-electron chi connectivity index (χ1n) is 10.9. The van der Waals surface area contributed by atoms with E-state index >= 15 is 0 Å². The van der Waals surface area contributed by atoms with E-state index in [-0.39, 0.29) is 25.0 Å². The predicted molar refractivity (Wildman–Crippen MR) is 131 cm³/mol. The number of nitrogens with one attached hydrogen (secondary N) is 1. The Morgan fingerprint density at radius 2 is 1.67 bits per heavy atom. The Balaban J connectivity index is 1.89. The van der Waals surface area contributed by atoms with Gasteiger partial charge in [-0.05, 0) is 54.3 Å². The Morgan fingerprint density at radius 3 is 2.36 bits per heavy atom. The molecule has 2 amide bonds. The second-order valence-electron chi connectivity index (χ2n) is 7.96. The molecule has 0 aliphatic rings. The predicted octanol–water partition coefficient (Wildman–Crippen LogP) is 4.72. The van der Waals surface area contributed by atoms with E-state index in [4.69, 9.17) is 16.3 Å². The van der Waals surface area contributed by atoms with Gasteiger partial charge in [-0.2, -0.15) is 0 Å². The maximum atomic E-state index is 13.4. The summed E-state index contributed by atoms with van der Waals surface area (Å²) in [6, 6.07) is 22.0. The first-order valence-corrected chi connectivity index (χ1v) is 11.2. The lowest BCUT2D eigenvalue weighted by molar-refractivity contribution is -0.142. The van der Waals surface area contributed by atoms with E-state index in [0.29, 0.717) is 17.2 Å². The van der Waals surface area contributed by atoms with E-state index in [1.807, 2.05) is 74.5 Å². The SMILES string of the molecule is CNC(=O)[C@H](Cc1ccccc1)N(Cc1cccc(Cl)c1)C(=O)COc1cccc(C)c1C. The fourth-order valence-electron chi connectivity index (χ4n) is 3.66. The third kappa shape index (κ3) is 6.59. The molecular weight excluding hydrogens is 436 g/mol. The number of carbonyl (C=O) groups is 2. The quantitative estimate of drug-likeness (QED) is 0.498. The molecule has 0 saturated heterocycles. The van der Waals surface area contributed by atoms with Gasteiger partial charge >= 0.3 is 0 Å². The van der Waals surface area contributed by atoms with Gasteiger partial charge in [0.25, 0.3) is 5.91 Å². The third-order valence-electron chi connectivity index (χ3n) is 5.67. The highest BCUT2D eigenvalue weighted by Crippen LogP contribution is 2.22. The molecule has 0 bridgehead atoms. The van der Waals surface area contributed by atoms with E-state index in [2.05, 4.69) is 5.32 Å². The van der Waals surface area contributed by atoms with Crippen molar-refractivity contribution in [3.8, 4) is 5.75 Å². The lowest BCUT2D eigenvalue weighted by Gasteiger charge is -2.31. The molecule has 3 rings (SSSR count). The zero-order valence-electron chi connectivity index (χ0n) is 19.2. The molecule has 0 spiro atoms. The van der Waals surface area contributed by atoms with Gasteiger partial charge in [0, 0.05) is 25.0 Å². The Hall–Kier alpha value is -3.31. The molecule has 0 saturated carbocycles. The van der Waals surface area contributed by atoms with Crippen molar-refractivity contribution >= 4 is 23.4 Å². The molecule has 3 aromatic rings.